The zero-order valence-electron chi connectivity index (χ0n) is 19.6. The second kappa shape index (κ2) is 10.4. The van der Waals surface area contributed by atoms with E-state index in [2.05, 4.69) is 16.4 Å². The first kappa shape index (κ1) is 23.3. The minimum Gasteiger partial charge on any atom is -0.481 e. The number of aromatic nitrogens is 1. The maximum atomic E-state index is 12.7. The third-order valence-electron chi connectivity index (χ3n) is 7.19. The van der Waals surface area contributed by atoms with Gasteiger partial charge < -0.3 is 19.6 Å². The minimum absolute atomic E-state index is 0.0212. The van der Waals surface area contributed by atoms with Crippen LogP contribution in [0, 0.1) is 5.92 Å². The van der Waals surface area contributed by atoms with E-state index in [0.717, 1.165) is 36.8 Å². The summed E-state index contributed by atoms with van der Waals surface area (Å²) in [6.07, 6.45) is 5.67. The Labute approximate surface area is 204 Å². The van der Waals surface area contributed by atoms with Crippen LogP contribution in [0.15, 0.2) is 65.3 Å². The fourth-order valence-corrected chi connectivity index (χ4v) is 5.47. The van der Waals surface area contributed by atoms with Gasteiger partial charge in [0.2, 0.25) is 5.89 Å². The average Bonchev–Trinajstić information content (AvgIpc) is 3.61. The van der Waals surface area contributed by atoms with Gasteiger partial charge in [0, 0.05) is 18.9 Å². The van der Waals surface area contributed by atoms with Crippen LogP contribution in [-0.2, 0) is 28.8 Å². The van der Waals surface area contributed by atoms with Crippen LogP contribution in [0.1, 0.15) is 58.2 Å². The predicted octanol–water partition coefficient (Wildman–Crippen LogP) is 4.17. The first-order chi connectivity index (χ1) is 17.1. The van der Waals surface area contributed by atoms with Crippen LogP contribution in [0.4, 0.5) is 0 Å². The summed E-state index contributed by atoms with van der Waals surface area (Å²) in [4.78, 5) is 28.3. The summed E-state index contributed by atoms with van der Waals surface area (Å²) in [5.74, 6) is -0.330. The molecular weight excluding hydrogens is 444 g/mol. The van der Waals surface area contributed by atoms with Crippen LogP contribution < -0.4 is 5.32 Å². The number of carbonyl (C=O) groups excluding carboxylic acids is 1. The summed E-state index contributed by atoms with van der Waals surface area (Å²) >= 11 is 0. The fourth-order valence-electron chi connectivity index (χ4n) is 5.47. The zero-order valence-corrected chi connectivity index (χ0v) is 19.6. The van der Waals surface area contributed by atoms with Gasteiger partial charge in [0.25, 0.3) is 5.91 Å². The molecule has 1 aromatic heterocycles. The van der Waals surface area contributed by atoms with Crippen molar-refractivity contribution < 1.29 is 23.8 Å². The number of fused-ring (bicyclic) bond motifs is 2. The van der Waals surface area contributed by atoms with Crippen molar-refractivity contribution in [2.24, 2.45) is 5.92 Å². The number of carboxylic acids is 1. The Kier molecular flexibility index (Phi) is 6.95. The lowest BCUT2D eigenvalue weighted by molar-refractivity contribution is -0.136. The van der Waals surface area contributed by atoms with E-state index >= 15 is 0 Å². The number of nitrogens with zero attached hydrogens (tertiary/aromatic N) is 1. The van der Waals surface area contributed by atoms with Crippen LogP contribution in [0.2, 0.25) is 0 Å². The molecule has 7 heteroatoms. The van der Waals surface area contributed by atoms with Gasteiger partial charge in [0.1, 0.15) is 6.26 Å². The van der Waals surface area contributed by atoms with Crippen molar-refractivity contribution in [3.05, 3.63) is 89.1 Å². The van der Waals surface area contributed by atoms with Crippen molar-refractivity contribution in [3.63, 3.8) is 0 Å². The van der Waals surface area contributed by atoms with Gasteiger partial charge in [0.15, 0.2) is 5.69 Å². The molecule has 5 rings (SSSR count). The summed E-state index contributed by atoms with van der Waals surface area (Å²) in [5, 5.41) is 12.0. The highest BCUT2D eigenvalue weighted by Crippen LogP contribution is 2.49. The number of rotatable bonds is 10. The van der Waals surface area contributed by atoms with E-state index < -0.39 is 5.97 Å². The highest BCUT2D eigenvalue weighted by molar-refractivity contribution is 5.91. The van der Waals surface area contributed by atoms with E-state index in [-0.39, 0.29) is 42.1 Å². The first-order valence-corrected chi connectivity index (χ1v) is 12.3. The summed E-state index contributed by atoms with van der Waals surface area (Å²) < 4.78 is 12.1. The molecule has 0 radical (unpaired) electrons. The van der Waals surface area contributed by atoms with Gasteiger partial charge in [-0.1, -0.05) is 54.6 Å². The van der Waals surface area contributed by atoms with E-state index in [1.807, 2.05) is 48.5 Å². The number of aryl methyl sites for hydroxylation is 1. The van der Waals surface area contributed by atoms with Gasteiger partial charge in [-0.2, -0.15) is 0 Å². The van der Waals surface area contributed by atoms with Gasteiger partial charge in [-0.15, -0.1) is 0 Å². The molecule has 182 valence electrons. The summed E-state index contributed by atoms with van der Waals surface area (Å²) in [7, 11) is 0. The second-order valence-corrected chi connectivity index (χ2v) is 9.41. The number of amides is 1. The normalized spacial score (nSPS) is 22.9. The molecule has 2 aromatic carbocycles. The molecule has 2 saturated heterocycles. The zero-order chi connectivity index (χ0) is 24.2. The topological polar surface area (TPSA) is 102 Å². The quantitative estimate of drug-likeness (QED) is 0.457. The van der Waals surface area contributed by atoms with Crippen molar-refractivity contribution in [1.82, 2.24) is 10.3 Å². The Morgan fingerprint density at radius 2 is 1.71 bits per heavy atom. The number of carboxylic acid groups (broad SMARTS) is 1. The Balaban J connectivity index is 1.26. The monoisotopic (exact) mass is 474 g/mol. The third-order valence-corrected chi connectivity index (χ3v) is 7.19. The molecule has 35 heavy (non-hydrogen) atoms. The van der Waals surface area contributed by atoms with Crippen molar-refractivity contribution in [1.29, 1.82) is 0 Å². The fraction of sp³-hybridized carbons (Fsp3) is 0.393. The first-order valence-electron chi connectivity index (χ1n) is 12.3. The van der Waals surface area contributed by atoms with Crippen molar-refractivity contribution in [2.45, 2.75) is 56.7 Å². The van der Waals surface area contributed by atoms with E-state index in [4.69, 9.17) is 14.3 Å². The molecule has 2 aliphatic rings. The number of aliphatic carboxylic acids is 1. The summed E-state index contributed by atoms with van der Waals surface area (Å²) in [5.41, 5.74) is 3.66. The van der Waals surface area contributed by atoms with Gasteiger partial charge in [0.05, 0.1) is 18.1 Å². The minimum atomic E-state index is -0.796. The Morgan fingerprint density at radius 3 is 2.51 bits per heavy atom. The highest BCUT2D eigenvalue weighted by Gasteiger charge is 2.51. The van der Waals surface area contributed by atoms with Gasteiger partial charge >= 0.3 is 5.97 Å². The average molecular weight is 475 g/mol. The van der Waals surface area contributed by atoms with Crippen LogP contribution in [0.25, 0.3) is 0 Å². The molecule has 0 aliphatic carbocycles. The van der Waals surface area contributed by atoms with Crippen LogP contribution in [0.5, 0.6) is 0 Å². The number of hydrogen-bond acceptors (Lipinski definition) is 5. The van der Waals surface area contributed by atoms with Crippen molar-refractivity contribution in [2.75, 3.05) is 6.54 Å². The van der Waals surface area contributed by atoms with E-state index in [9.17, 15) is 9.59 Å². The number of hydrogen-bond donors (Lipinski definition) is 2. The number of oxazole rings is 1. The smallest absolute Gasteiger partial charge is 0.303 e. The lowest BCUT2D eigenvalue weighted by atomic mass is 9.75. The van der Waals surface area contributed by atoms with E-state index in [1.54, 1.807) is 0 Å². The summed E-state index contributed by atoms with van der Waals surface area (Å²) in [6.45, 7) is 0.526. The van der Waals surface area contributed by atoms with Crippen molar-refractivity contribution in [3.8, 4) is 0 Å². The van der Waals surface area contributed by atoms with Gasteiger partial charge in [-0.05, 0) is 48.8 Å². The molecule has 2 fully saturated rings. The number of benzene rings is 2. The molecule has 2 bridgehead atoms. The Hall–Kier alpha value is -3.45. The maximum Gasteiger partial charge on any atom is 0.303 e. The lowest BCUT2D eigenvalue weighted by Gasteiger charge is -2.26. The molecule has 2 aliphatic heterocycles. The molecule has 4 atom stereocenters. The SMILES string of the molecule is O=C(O)CCc1ccccc1CC1C2CCC(O2)C1c1nc(C(=O)NCCc2ccccc2)co1. The highest BCUT2D eigenvalue weighted by atomic mass is 16.5. The Bertz CT molecular complexity index is 1170. The molecule has 3 aromatic rings. The molecule has 7 nitrogen and oxygen atoms in total. The van der Waals surface area contributed by atoms with E-state index in [0.29, 0.717) is 18.9 Å². The number of carbonyl (C=O) groups is 2. The van der Waals surface area contributed by atoms with E-state index in [1.165, 1.54) is 11.8 Å². The molecule has 4 unspecified atom stereocenters. The third kappa shape index (κ3) is 5.30. The van der Waals surface area contributed by atoms with Crippen LogP contribution in [0.3, 0.4) is 0 Å². The molecule has 0 saturated carbocycles. The lowest BCUT2D eigenvalue weighted by Crippen LogP contribution is -2.28. The molecule has 0 spiro atoms. The maximum absolute atomic E-state index is 12.7. The second-order valence-electron chi connectivity index (χ2n) is 9.41. The summed E-state index contributed by atoms with van der Waals surface area (Å²) in [6, 6.07) is 18.0. The standard InChI is InChI=1S/C28H30N2O5/c31-25(32)13-10-19-8-4-5-9-20(19)16-21-23-11-12-24(35-23)26(21)28-30-22(17-34-28)27(33)29-15-14-18-6-2-1-3-7-18/h1-9,17,21,23-24,26H,10-16H2,(H,29,33)(H,31,32). The molecule has 1 amide bonds. The van der Waals surface area contributed by atoms with Gasteiger partial charge in [-0.3, -0.25) is 9.59 Å². The number of nitrogens with one attached hydrogen (secondary N) is 1. The number of ether oxygens (including phenoxy) is 1. The molecule has 2 N–H and O–H groups in total. The predicted molar refractivity (Wildman–Crippen MR) is 129 cm³/mol. The largest absolute Gasteiger partial charge is 0.481 e. The van der Waals surface area contributed by atoms with Crippen LogP contribution >= 0.6 is 0 Å². The molecular formula is C28H30N2O5. The Morgan fingerprint density at radius 1 is 0.971 bits per heavy atom. The van der Waals surface area contributed by atoms with Crippen LogP contribution in [-0.4, -0.2) is 40.7 Å². The van der Waals surface area contributed by atoms with Crippen molar-refractivity contribution >= 4 is 11.9 Å². The van der Waals surface area contributed by atoms with Gasteiger partial charge in [-0.25, -0.2) is 4.98 Å². The molecule has 3 heterocycles.